The summed E-state index contributed by atoms with van der Waals surface area (Å²) < 4.78 is 36.4. The second kappa shape index (κ2) is 4.17. The van der Waals surface area contributed by atoms with Crippen LogP contribution in [-0.4, -0.2) is 14.1 Å². The van der Waals surface area contributed by atoms with Gasteiger partial charge in [-0.2, -0.15) is 8.78 Å². The fraction of sp³-hybridized carbons (Fsp3) is 0.200. The first kappa shape index (κ1) is 10.6. The van der Waals surface area contributed by atoms with Gasteiger partial charge in [0.05, 0.1) is 0 Å². The number of hydrogen-bond donors (Lipinski definition) is 0. The summed E-state index contributed by atoms with van der Waals surface area (Å²) in [5, 5.41) is 0. The zero-order chi connectivity index (χ0) is 10.7. The highest BCUT2D eigenvalue weighted by Crippen LogP contribution is 2.23. The van der Waals surface area contributed by atoms with Gasteiger partial charge in [-0.15, -0.1) is 0 Å². The van der Waals surface area contributed by atoms with Crippen LogP contribution in [0.15, 0.2) is 30.3 Å². The van der Waals surface area contributed by atoms with E-state index in [0.717, 1.165) is 5.69 Å². The molecule has 0 amide bonds. The molecular formula is C10H10F3N. The molecule has 1 rings (SSSR count). The fourth-order valence-electron chi connectivity index (χ4n) is 1.02. The third-order valence-corrected chi connectivity index (χ3v) is 1.80. The Labute approximate surface area is 80.5 Å². The second-order valence-electron chi connectivity index (χ2n) is 3.02. The lowest BCUT2D eigenvalue weighted by Gasteiger charge is -2.11. The van der Waals surface area contributed by atoms with Crippen molar-refractivity contribution in [1.29, 1.82) is 0 Å². The molecule has 4 heteroatoms. The van der Waals surface area contributed by atoms with Crippen LogP contribution in [-0.2, 0) is 0 Å². The highest BCUT2D eigenvalue weighted by atomic mass is 19.3. The Morgan fingerprint density at radius 1 is 1.00 bits per heavy atom. The number of rotatable bonds is 2. The quantitative estimate of drug-likeness (QED) is 0.709. The standard InChI is InChI=1S/C10H10F3N/c1-14(2)8-5-3-7(4-6-8)9(11)10(12)13/h3-6H,1-2H3. The number of hydrogen-bond acceptors (Lipinski definition) is 1. The number of halogens is 3. The van der Waals surface area contributed by atoms with Crippen LogP contribution in [0, 0.1) is 0 Å². The van der Waals surface area contributed by atoms with Crippen LogP contribution in [0.3, 0.4) is 0 Å². The van der Waals surface area contributed by atoms with Gasteiger partial charge in [0.1, 0.15) is 0 Å². The van der Waals surface area contributed by atoms with Gasteiger partial charge in [-0.25, -0.2) is 4.39 Å². The van der Waals surface area contributed by atoms with Gasteiger partial charge in [-0.3, -0.25) is 0 Å². The van der Waals surface area contributed by atoms with E-state index in [2.05, 4.69) is 0 Å². The van der Waals surface area contributed by atoms with Gasteiger partial charge >= 0.3 is 6.08 Å². The predicted molar refractivity (Wildman–Crippen MR) is 51.0 cm³/mol. The maximum absolute atomic E-state index is 12.7. The molecule has 0 unspecified atom stereocenters. The Bertz CT molecular complexity index is 337. The molecule has 0 aliphatic rings. The minimum Gasteiger partial charge on any atom is -0.378 e. The Kier molecular flexibility index (Phi) is 3.17. The zero-order valence-corrected chi connectivity index (χ0v) is 7.89. The first-order valence-electron chi connectivity index (χ1n) is 4.01. The van der Waals surface area contributed by atoms with Gasteiger partial charge in [0.2, 0.25) is 0 Å². The van der Waals surface area contributed by atoms with E-state index in [9.17, 15) is 13.2 Å². The molecule has 0 aliphatic carbocycles. The predicted octanol–water partition coefficient (Wildman–Crippen LogP) is 3.29. The molecule has 0 saturated heterocycles. The molecule has 0 aromatic heterocycles. The average Bonchev–Trinajstić information content (AvgIpc) is 2.16. The molecule has 14 heavy (non-hydrogen) atoms. The molecule has 0 saturated carbocycles. The van der Waals surface area contributed by atoms with Crippen LogP contribution in [0.1, 0.15) is 5.56 Å². The summed E-state index contributed by atoms with van der Waals surface area (Å²) in [7, 11) is 3.63. The molecule has 0 N–H and O–H groups in total. The van der Waals surface area contributed by atoms with Crippen molar-refractivity contribution in [3.63, 3.8) is 0 Å². The molecule has 76 valence electrons. The molecule has 0 fully saturated rings. The summed E-state index contributed by atoms with van der Waals surface area (Å²) in [6, 6.07) is 5.81. The molecule has 0 radical (unpaired) electrons. The lowest BCUT2D eigenvalue weighted by Crippen LogP contribution is -2.08. The van der Waals surface area contributed by atoms with E-state index >= 15 is 0 Å². The summed E-state index contributed by atoms with van der Waals surface area (Å²) in [5.41, 5.74) is 0.733. The first-order valence-corrected chi connectivity index (χ1v) is 4.01. The molecule has 0 atom stereocenters. The number of anilines is 1. The average molecular weight is 201 g/mol. The minimum absolute atomic E-state index is 0.101. The van der Waals surface area contributed by atoms with E-state index < -0.39 is 11.9 Å². The highest BCUT2D eigenvalue weighted by molar-refractivity contribution is 5.62. The van der Waals surface area contributed by atoms with E-state index in [4.69, 9.17) is 0 Å². The van der Waals surface area contributed by atoms with Crippen molar-refractivity contribution in [3.05, 3.63) is 35.9 Å². The van der Waals surface area contributed by atoms with Crippen molar-refractivity contribution < 1.29 is 13.2 Å². The maximum Gasteiger partial charge on any atom is 0.306 e. The van der Waals surface area contributed by atoms with Crippen LogP contribution < -0.4 is 4.90 Å². The summed E-state index contributed by atoms with van der Waals surface area (Å²) in [6.45, 7) is 0. The molecule has 0 spiro atoms. The van der Waals surface area contributed by atoms with E-state index in [1.807, 2.05) is 14.1 Å². The topological polar surface area (TPSA) is 3.24 Å². The summed E-state index contributed by atoms with van der Waals surface area (Å²) in [4.78, 5) is 1.80. The minimum atomic E-state index is -2.29. The van der Waals surface area contributed by atoms with Gasteiger partial charge in [-0.1, -0.05) is 0 Å². The van der Waals surface area contributed by atoms with E-state index in [1.165, 1.54) is 12.1 Å². The Balaban J connectivity index is 3.00. The van der Waals surface area contributed by atoms with Crippen molar-refractivity contribution in [2.45, 2.75) is 0 Å². The second-order valence-corrected chi connectivity index (χ2v) is 3.02. The van der Waals surface area contributed by atoms with E-state index in [1.54, 1.807) is 17.0 Å². The summed E-state index contributed by atoms with van der Waals surface area (Å²) in [6.07, 6.45) is -2.29. The molecule has 0 heterocycles. The fourth-order valence-corrected chi connectivity index (χ4v) is 1.02. The van der Waals surface area contributed by atoms with Crippen LogP contribution in [0.25, 0.3) is 5.83 Å². The summed E-state index contributed by atoms with van der Waals surface area (Å²) in [5.74, 6) is -1.46. The summed E-state index contributed by atoms with van der Waals surface area (Å²) >= 11 is 0. The van der Waals surface area contributed by atoms with Crippen LogP contribution >= 0.6 is 0 Å². The Morgan fingerprint density at radius 3 is 1.86 bits per heavy atom. The molecule has 1 aromatic rings. The van der Waals surface area contributed by atoms with Crippen LogP contribution in [0.2, 0.25) is 0 Å². The molecule has 0 bridgehead atoms. The first-order chi connectivity index (χ1) is 6.52. The van der Waals surface area contributed by atoms with Crippen LogP contribution in [0.4, 0.5) is 18.9 Å². The number of benzene rings is 1. The lowest BCUT2D eigenvalue weighted by molar-refractivity contribution is 0.410. The van der Waals surface area contributed by atoms with Crippen molar-refractivity contribution >= 4 is 11.5 Å². The van der Waals surface area contributed by atoms with Gasteiger partial charge in [0.15, 0.2) is 5.83 Å². The monoisotopic (exact) mass is 201 g/mol. The van der Waals surface area contributed by atoms with Crippen molar-refractivity contribution in [2.75, 3.05) is 19.0 Å². The van der Waals surface area contributed by atoms with Gasteiger partial charge in [-0.05, 0) is 24.3 Å². The zero-order valence-electron chi connectivity index (χ0n) is 7.89. The SMILES string of the molecule is CN(C)c1ccc(C(F)=C(F)F)cc1. The Hall–Kier alpha value is -1.45. The molecule has 1 nitrogen and oxygen atoms in total. The third kappa shape index (κ3) is 2.28. The highest BCUT2D eigenvalue weighted by Gasteiger charge is 2.07. The smallest absolute Gasteiger partial charge is 0.306 e. The van der Waals surface area contributed by atoms with Gasteiger partial charge < -0.3 is 4.90 Å². The van der Waals surface area contributed by atoms with E-state index in [0.29, 0.717) is 0 Å². The normalized spacial score (nSPS) is 9.79. The van der Waals surface area contributed by atoms with E-state index in [-0.39, 0.29) is 5.56 Å². The van der Waals surface area contributed by atoms with Gasteiger partial charge in [0.25, 0.3) is 0 Å². The van der Waals surface area contributed by atoms with Gasteiger partial charge in [0, 0.05) is 25.3 Å². The maximum atomic E-state index is 12.7. The third-order valence-electron chi connectivity index (χ3n) is 1.80. The number of nitrogens with zero attached hydrogens (tertiary/aromatic N) is 1. The molecular weight excluding hydrogens is 191 g/mol. The largest absolute Gasteiger partial charge is 0.378 e. The molecule has 0 aliphatic heterocycles. The Morgan fingerprint density at radius 2 is 1.50 bits per heavy atom. The lowest BCUT2D eigenvalue weighted by atomic mass is 10.2. The molecule has 1 aromatic carbocycles. The van der Waals surface area contributed by atoms with Crippen molar-refractivity contribution in [1.82, 2.24) is 0 Å². The van der Waals surface area contributed by atoms with Crippen LogP contribution in [0.5, 0.6) is 0 Å². The van der Waals surface area contributed by atoms with Crippen molar-refractivity contribution in [3.8, 4) is 0 Å². The van der Waals surface area contributed by atoms with Crippen molar-refractivity contribution in [2.24, 2.45) is 0 Å².